The molecule has 0 saturated heterocycles. The molecule has 3 N–H and O–H groups in total. The fourth-order valence-electron chi connectivity index (χ4n) is 2.37. The van der Waals surface area contributed by atoms with Gasteiger partial charge in [-0.25, -0.2) is 4.68 Å². The van der Waals surface area contributed by atoms with Crippen LogP contribution in [0.25, 0.3) is 5.69 Å². The molecule has 0 aliphatic carbocycles. The molecule has 0 spiro atoms. The van der Waals surface area contributed by atoms with Crippen molar-refractivity contribution in [1.82, 2.24) is 9.78 Å². The molecule has 0 radical (unpaired) electrons. The van der Waals surface area contributed by atoms with Crippen LogP contribution in [-0.4, -0.2) is 21.6 Å². The maximum atomic E-state index is 12.6. The Hall–Kier alpha value is -3.62. The van der Waals surface area contributed by atoms with E-state index in [4.69, 9.17) is 5.73 Å². The Morgan fingerprint density at radius 3 is 2.26 bits per heavy atom. The number of hydrogen-bond donors (Lipinski definition) is 2. The largest absolute Gasteiger partial charge is 0.416 e. The first-order chi connectivity index (χ1) is 12.8. The van der Waals surface area contributed by atoms with Gasteiger partial charge in [0.25, 0.3) is 11.8 Å². The van der Waals surface area contributed by atoms with Gasteiger partial charge in [-0.15, -0.1) is 0 Å². The first-order valence-corrected chi connectivity index (χ1v) is 7.69. The first kappa shape index (κ1) is 18.2. The van der Waals surface area contributed by atoms with Crippen molar-refractivity contribution in [3.05, 3.63) is 77.6 Å². The number of amides is 2. The minimum atomic E-state index is -4.47. The summed E-state index contributed by atoms with van der Waals surface area (Å²) in [7, 11) is 0. The van der Waals surface area contributed by atoms with Gasteiger partial charge in [-0.05, 0) is 42.5 Å². The zero-order valence-electron chi connectivity index (χ0n) is 13.7. The number of para-hydroxylation sites is 2. The summed E-state index contributed by atoms with van der Waals surface area (Å²) in [5.74, 6) is -1.28. The number of benzene rings is 2. The van der Waals surface area contributed by atoms with Crippen LogP contribution in [0.4, 0.5) is 18.9 Å². The molecule has 0 aliphatic rings. The van der Waals surface area contributed by atoms with Crippen molar-refractivity contribution >= 4 is 17.5 Å². The lowest BCUT2D eigenvalue weighted by atomic mass is 10.1. The van der Waals surface area contributed by atoms with E-state index < -0.39 is 23.6 Å². The molecule has 27 heavy (non-hydrogen) atoms. The van der Waals surface area contributed by atoms with Crippen molar-refractivity contribution in [3.63, 3.8) is 0 Å². The Labute approximate surface area is 151 Å². The van der Waals surface area contributed by atoms with Crippen molar-refractivity contribution in [3.8, 4) is 5.69 Å². The Morgan fingerprint density at radius 2 is 1.67 bits per heavy atom. The van der Waals surface area contributed by atoms with Crippen molar-refractivity contribution < 1.29 is 22.8 Å². The molecular formula is C18H13F3N4O2. The summed E-state index contributed by atoms with van der Waals surface area (Å²) < 4.78 is 39.2. The molecule has 138 valence electrons. The number of nitrogens with two attached hydrogens (primary N) is 1. The van der Waals surface area contributed by atoms with Crippen molar-refractivity contribution in [2.45, 2.75) is 6.18 Å². The fraction of sp³-hybridized carbons (Fsp3) is 0.0556. The summed E-state index contributed by atoms with van der Waals surface area (Å²) in [5, 5.41) is 6.65. The Bertz CT molecular complexity index is 994. The van der Waals surface area contributed by atoms with Crippen LogP contribution in [0.5, 0.6) is 0 Å². The van der Waals surface area contributed by atoms with Crippen LogP contribution < -0.4 is 11.1 Å². The molecule has 2 amide bonds. The van der Waals surface area contributed by atoms with E-state index in [9.17, 15) is 22.8 Å². The molecule has 1 heterocycles. The summed E-state index contributed by atoms with van der Waals surface area (Å²) in [6.07, 6.45) is -2.97. The van der Waals surface area contributed by atoms with Gasteiger partial charge in [-0.3, -0.25) is 9.59 Å². The maximum absolute atomic E-state index is 12.6. The van der Waals surface area contributed by atoms with Gasteiger partial charge in [-0.1, -0.05) is 12.1 Å². The van der Waals surface area contributed by atoms with Crippen LogP contribution in [0.1, 0.15) is 26.4 Å². The monoisotopic (exact) mass is 374 g/mol. The summed E-state index contributed by atoms with van der Waals surface area (Å²) in [6, 6.07) is 11.9. The van der Waals surface area contributed by atoms with E-state index in [1.54, 1.807) is 24.3 Å². The molecule has 9 heteroatoms. The van der Waals surface area contributed by atoms with Crippen LogP contribution in [0.2, 0.25) is 0 Å². The summed E-state index contributed by atoms with van der Waals surface area (Å²) >= 11 is 0. The molecule has 3 aromatic rings. The molecular weight excluding hydrogens is 361 g/mol. The highest BCUT2D eigenvalue weighted by Gasteiger charge is 2.30. The number of alkyl halides is 3. The van der Waals surface area contributed by atoms with Gasteiger partial charge in [-0.2, -0.15) is 18.3 Å². The number of nitrogens with zero attached hydrogens (tertiary/aromatic N) is 2. The molecule has 0 fully saturated rings. The first-order valence-electron chi connectivity index (χ1n) is 7.69. The lowest BCUT2D eigenvalue weighted by molar-refractivity contribution is -0.137. The summed E-state index contributed by atoms with van der Waals surface area (Å²) in [6.45, 7) is 0. The number of rotatable bonds is 4. The average molecular weight is 374 g/mol. The second-order valence-corrected chi connectivity index (χ2v) is 5.56. The normalized spacial score (nSPS) is 11.2. The number of halogens is 3. The zero-order chi connectivity index (χ0) is 19.6. The fourth-order valence-corrected chi connectivity index (χ4v) is 2.37. The number of primary amides is 1. The minimum Gasteiger partial charge on any atom is -0.364 e. The number of hydrogen-bond acceptors (Lipinski definition) is 3. The van der Waals surface area contributed by atoms with Gasteiger partial charge in [0.1, 0.15) is 5.69 Å². The predicted molar refractivity (Wildman–Crippen MR) is 91.5 cm³/mol. The highest BCUT2D eigenvalue weighted by atomic mass is 19.4. The average Bonchev–Trinajstić information content (AvgIpc) is 3.12. The van der Waals surface area contributed by atoms with Gasteiger partial charge in [0.15, 0.2) is 0 Å². The third-order valence-corrected chi connectivity index (χ3v) is 3.72. The van der Waals surface area contributed by atoms with Crippen LogP contribution in [-0.2, 0) is 6.18 Å². The van der Waals surface area contributed by atoms with E-state index in [-0.39, 0.29) is 11.3 Å². The molecule has 3 rings (SSSR count). The standard InChI is InChI=1S/C18H13F3N4O2/c19-18(20,21)12-7-5-11(6-8-12)17(27)23-13-3-1-2-4-15(13)25-10-9-14(24-25)16(22)26/h1-10H,(H2,22,26)(H,23,27). The predicted octanol–water partition coefficient (Wildman–Crippen LogP) is 3.24. The van der Waals surface area contributed by atoms with Gasteiger partial charge in [0.2, 0.25) is 0 Å². The Morgan fingerprint density at radius 1 is 1.00 bits per heavy atom. The number of carbonyl (C=O) groups is 2. The highest BCUT2D eigenvalue weighted by molar-refractivity contribution is 6.05. The SMILES string of the molecule is NC(=O)c1ccn(-c2ccccc2NC(=O)c2ccc(C(F)(F)F)cc2)n1. The number of nitrogens with one attached hydrogen (secondary N) is 1. The quantitative estimate of drug-likeness (QED) is 0.735. The number of anilines is 1. The molecule has 0 aliphatic heterocycles. The van der Waals surface area contributed by atoms with E-state index in [2.05, 4.69) is 10.4 Å². The van der Waals surface area contributed by atoms with E-state index >= 15 is 0 Å². The zero-order valence-corrected chi connectivity index (χ0v) is 13.7. The molecule has 0 bridgehead atoms. The topological polar surface area (TPSA) is 90.0 Å². The third kappa shape index (κ3) is 3.97. The van der Waals surface area contributed by atoms with Crippen molar-refractivity contribution in [2.24, 2.45) is 5.73 Å². The second-order valence-electron chi connectivity index (χ2n) is 5.56. The van der Waals surface area contributed by atoms with Gasteiger partial charge >= 0.3 is 6.18 Å². The van der Waals surface area contributed by atoms with Gasteiger partial charge in [0, 0.05) is 11.8 Å². The van der Waals surface area contributed by atoms with Crippen LogP contribution in [0, 0.1) is 0 Å². The lowest BCUT2D eigenvalue weighted by Gasteiger charge is -2.12. The molecule has 0 saturated carbocycles. The lowest BCUT2D eigenvalue weighted by Crippen LogP contribution is -2.15. The van der Waals surface area contributed by atoms with Crippen LogP contribution >= 0.6 is 0 Å². The van der Waals surface area contributed by atoms with Crippen molar-refractivity contribution in [1.29, 1.82) is 0 Å². The minimum absolute atomic E-state index is 0.0545. The van der Waals surface area contributed by atoms with E-state index in [1.807, 2.05) is 0 Å². The molecule has 0 atom stereocenters. The molecule has 0 unspecified atom stereocenters. The summed E-state index contributed by atoms with van der Waals surface area (Å²) in [4.78, 5) is 23.6. The number of aromatic nitrogens is 2. The molecule has 2 aromatic carbocycles. The van der Waals surface area contributed by atoms with Crippen molar-refractivity contribution in [2.75, 3.05) is 5.32 Å². The Balaban J connectivity index is 1.85. The van der Waals surface area contributed by atoms with E-state index in [0.29, 0.717) is 11.4 Å². The van der Waals surface area contributed by atoms with E-state index in [1.165, 1.54) is 16.9 Å². The molecule has 1 aromatic heterocycles. The van der Waals surface area contributed by atoms with E-state index in [0.717, 1.165) is 24.3 Å². The summed E-state index contributed by atoms with van der Waals surface area (Å²) in [5.41, 5.74) is 5.29. The second kappa shape index (κ2) is 6.94. The molecule has 6 nitrogen and oxygen atoms in total. The Kier molecular flexibility index (Phi) is 4.68. The maximum Gasteiger partial charge on any atom is 0.416 e. The van der Waals surface area contributed by atoms with Crippen LogP contribution in [0.15, 0.2) is 60.8 Å². The van der Waals surface area contributed by atoms with Gasteiger partial charge < -0.3 is 11.1 Å². The number of carbonyl (C=O) groups excluding carboxylic acids is 2. The highest BCUT2D eigenvalue weighted by Crippen LogP contribution is 2.29. The third-order valence-electron chi connectivity index (χ3n) is 3.72. The van der Waals surface area contributed by atoms with Crippen LogP contribution in [0.3, 0.4) is 0 Å². The smallest absolute Gasteiger partial charge is 0.364 e. The van der Waals surface area contributed by atoms with Gasteiger partial charge in [0.05, 0.1) is 16.9 Å².